The van der Waals surface area contributed by atoms with Crippen molar-refractivity contribution in [2.24, 2.45) is 0 Å². The SMILES string of the molecule is c1ccc(-n2cc3nc(-n4c5ccccc5c5ccccc54)nc(-c4ccccc4-c4cccc5ccccc45)c3c2)cc1. The highest BCUT2D eigenvalue weighted by Crippen LogP contribution is 2.39. The molecule has 0 saturated carbocycles. The van der Waals surface area contributed by atoms with E-state index in [-0.39, 0.29) is 0 Å². The van der Waals surface area contributed by atoms with Crippen molar-refractivity contribution in [3.8, 4) is 34.0 Å². The fraction of sp³-hybridized carbons (Fsp3) is 0. The van der Waals surface area contributed by atoms with Crippen LogP contribution in [-0.4, -0.2) is 19.1 Å². The van der Waals surface area contributed by atoms with Crippen LogP contribution in [0.2, 0.25) is 0 Å². The van der Waals surface area contributed by atoms with Crippen molar-refractivity contribution in [2.75, 3.05) is 0 Å². The summed E-state index contributed by atoms with van der Waals surface area (Å²) in [6.07, 6.45) is 4.28. The molecule has 206 valence electrons. The van der Waals surface area contributed by atoms with E-state index in [1.165, 1.54) is 27.1 Å². The second-order valence-corrected chi connectivity index (χ2v) is 11.1. The summed E-state index contributed by atoms with van der Waals surface area (Å²) in [5.74, 6) is 0.656. The summed E-state index contributed by atoms with van der Waals surface area (Å²) in [5.41, 5.74) is 8.46. The minimum absolute atomic E-state index is 0.656. The van der Waals surface area contributed by atoms with E-state index in [1.54, 1.807) is 0 Å². The Balaban J connectivity index is 1.38. The standard InChI is InChI=1S/C40H26N4/c1-2-15-28(16-3-1)43-25-35-36(26-43)41-40(44-37-23-10-8-19-32(37)33-20-9-11-24-38(33)44)42-39(35)34-21-7-6-18-31(34)30-22-12-14-27-13-4-5-17-29(27)30/h1-26H. The van der Waals surface area contributed by atoms with Crippen molar-refractivity contribution < 1.29 is 0 Å². The molecule has 3 heterocycles. The van der Waals surface area contributed by atoms with Gasteiger partial charge in [-0.2, -0.15) is 0 Å². The van der Waals surface area contributed by atoms with Crippen molar-refractivity contribution in [1.29, 1.82) is 0 Å². The summed E-state index contributed by atoms with van der Waals surface area (Å²) < 4.78 is 4.35. The number of hydrogen-bond acceptors (Lipinski definition) is 2. The predicted octanol–water partition coefficient (Wildman–Crippen LogP) is 10.0. The maximum absolute atomic E-state index is 5.43. The third-order valence-electron chi connectivity index (χ3n) is 8.59. The molecule has 0 N–H and O–H groups in total. The average molecular weight is 563 g/mol. The van der Waals surface area contributed by atoms with E-state index in [9.17, 15) is 0 Å². The molecule has 0 aliphatic rings. The maximum Gasteiger partial charge on any atom is 0.235 e. The molecular formula is C40H26N4. The molecule has 0 fully saturated rings. The van der Waals surface area contributed by atoms with Gasteiger partial charge in [-0.3, -0.25) is 4.57 Å². The van der Waals surface area contributed by atoms with Crippen LogP contribution in [0.15, 0.2) is 158 Å². The van der Waals surface area contributed by atoms with Gasteiger partial charge in [0.15, 0.2) is 0 Å². The average Bonchev–Trinajstić information content (AvgIpc) is 3.68. The lowest BCUT2D eigenvalue weighted by Crippen LogP contribution is -2.03. The molecule has 0 atom stereocenters. The fourth-order valence-electron chi connectivity index (χ4n) is 6.59. The Labute approximate surface area is 254 Å². The van der Waals surface area contributed by atoms with Gasteiger partial charge in [0.2, 0.25) is 5.95 Å². The Morgan fingerprint density at radius 2 is 1.00 bits per heavy atom. The molecular weight excluding hydrogens is 536 g/mol. The van der Waals surface area contributed by atoms with Gasteiger partial charge in [0.05, 0.1) is 22.2 Å². The van der Waals surface area contributed by atoms with Crippen molar-refractivity contribution in [2.45, 2.75) is 0 Å². The molecule has 0 amide bonds. The molecule has 0 bridgehead atoms. The third kappa shape index (κ3) is 3.78. The van der Waals surface area contributed by atoms with E-state index in [1.807, 2.05) is 6.07 Å². The Bertz CT molecular complexity index is 2440. The number of rotatable bonds is 4. The minimum atomic E-state index is 0.656. The molecule has 9 aromatic rings. The van der Waals surface area contributed by atoms with Crippen LogP contribution < -0.4 is 0 Å². The van der Waals surface area contributed by atoms with Gasteiger partial charge >= 0.3 is 0 Å². The molecule has 0 radical (unpaired) electrons. The Morgan fingerprint density at radius 3 is 1.77 bits per heavy atom. The van der Waals surface area contributed by atoms with Gasteiger partial charge in [-0.15, -0.1) is 0 Å². The molecule has 6 aromatic carbocycles. The summed E-state index contributed by atoms with van der Waals surface area (Å²) in [6.45, 7) is 0. The lowest BCUT2D eigenvalue weighted by atomic mass is 9.92. The van der Waals surface area contributed by atoms with Crippen LogP contribution in [0.3, 0.4) is 0 Å². The molecule has 4 nitrogen and oxygen atoms in total. The molecule has 0 unspecified atom stereocenters. The summed E-state index contributed by atoms with van der Waals surface area (Å²) in [4.78, 5) is 10.7. The van der Waals surface area contributed by atoms with Gasteiger partial charge < -0.3 is 4.57 Å². The Hall–Kier alpha value is -6.00. The normalized spacial score (nSPS) is 11.6. The second kappa shape index (κ2) is 9.79. The number of nitrogens with zero attached hydrogens (tertiary/aromatic N) is 4. The van der Waals surface area contributed by atoms with Gasteiger partial charge in [0, 0.05) is 39.8 Å². The number of hydrogen-bond donors (Lipinski definition) is 0. The topological polar surface area (TPSA) is 35.6 Å². The van der Waals surface area contributed by atoms with Crippen molar-refractivity contribution in [1.82, 2.24) is 19.1 Å². The van der Waals surface area contributed by atoms with Crippen LogP contribution in [0.4, 0.5) is 0 Å². The molecule has 0 aliphatic heterocycles. The molecule has 0 spiro atoms. The van der Waals surface area contributed by atoms with Crippen LogP contribution >= 0.6 is 0 Å². The highest BCUT2D eigenvalue weighted by atomic mass is 15.2. The van der Waals surface area contributed by atoms with Gasteiger partial charge in [-0.25, -0.2) is 9.97 Å². The van der Waals surface area contributed by atoms with Crippen LogP contribution in [-0.2, 0) is 0 Å². The van der Waals surface area contributed by atoms with E-state index in [4.69, 9.17) is 9.97 Å². The van der Waals surface area contributed by atoms with E-state index < -0.39 is 0 Å². The summed E-state index contributed by atoms with van der Waals surface area (Å²) in [5, 5.41) is 5.81. The smallest absolute Gasteiger partial charge is 0.235 e. The van der Waals surface area contributed by atoms with Crippen LogP contribution in [0, 0.1) is 0 Å². The predicted molar refractivity (Wildman–Crippen MR) is 182 cm³/mol. The first-order valence-electron chi connectivity index (χ1n) is 14.8. The highest BCUT2D eigenvalue weighted by molar-refractivity contribution is 6.09. The first-order chi connectivity index (χ1) is 21.8. The largest absolute Gasteiger partial charge is 0.321 e. The zero-order chi connectivity index (χ0) is 29.0. The van der Waals surface area contributed by atoms with Crippen LogP contribution in [0.25, 0.3) is 77.5 Å². The highest BCUT2D eigenvalue weighted by Gasteiger charge is 2.20. The van der Waals surface area contributed by atoms with E-state index in [2.05, 4.69) is 161 Å². The number of aromatic nitrogens is 4. The summed E-state index contributed by atoms with van der Waals surface area (Å²) >= 11 is 0. The molecule has 0 saturated heterocycles. The van der Waals surface area contributed by atoms with E-state index in [0.29, 0.717) is 5.95 Å². The molecule has 4 heteroatoms. The Kier molecular flexibility index (Phi) is 5.47. The van der Waals surface area contributed by atoms with E-state index in [0.717, 1.165) is 44.4 Å². The lowest BCUT2D eigenvalue weighted by Gasteiger charge is -2.14. The number of benzene rings is 6. The zero-order valence-electron chi connectivity index (χ0n) is 23.8. The van der Waals surface area contributed by atoms with Crippen molar-refractivity contribution in [3.63, 3.8) is 0 Å². The second-order valence-electron chi connectivity index (χ2n) is 11.1. The minimum Gasteiger partial charge on any atom is -0.321 e. The fourth-order valence-corrected chi connectivity index (χ4v) is 6.59. The number of para-hydroxylation sites is 3. The number of fused-ring (bicyclic) bond motifs is 5. The molecule has 0 aliphatic carbocycles. The monoisotopic (exact) mass is 562 g/mol. The van der Waals surface area contributed by atoms with Crippen molar-refractivity contribution >= 4 is 43.5 Å². The van der Waals surface area contributed by atoms with Crippen molar-refractivity contribution in [3.05, 3.63) is 158 Å². The molecule has 44 heavy (non-hydrogen) atoms. The van der Waals surface area contributed by atoms with Gasteiger partial charge in [-0.05, 0) is 46.2 Å². The van der Waals surface area contributed by atoms with Crippen LogP contribution in [0.5, 0.6) is 0 Å². The van der Waals surface area contributed by atoms with Gasteiger partial charge in [-0.1, -0.05) is 121 Å². The third-order valence-corrected chi connectivity index (χ3v) is 8.59. The van der Waals surface area contributed by atoms with Crippen LogP contribution in [0.1, 0.15) is 0 Å². The van der Waals surface area contributed by atoms with E-state index >= 15 is 0 Å². The maximum atomic E-state index is 5.43. The quantitative estimate of drug-likeness (QED) is 0.214. The van der Waals surface area contributed by atoms with Gasteiger partial charge in [0.25, 0.3) is 0 Å². The first-order valence-corrected chi connectivity index (χ1v) is 14.8. The molecule has 3 aromatic heterocycles. The summed E-state index contributed by atoms with van der Waals surface area (Å²) in [6, 6.07) is 51.1. The molecule has 9 rings (SSSR count). The Morgan fingerprint density at radius 1 is 0.409 bits per heavy atom. The summed E-state index contributed by atoms with van der Waals surface area (Å²) in [7, 11) is 0. The van der Waals surface area contributed by atoms with Gasteiger partial charge in [0.1, 0.15) is 0 Å². The zero-order valence-corrected chi connectivity index (χ0v) is 23.8. The lowest BCUT2D eigenvalue weighted by molar-refractivity contribution is 1.01. The first kappa shape index (κ1) is 24.6.